The van der Waals surface area contributed by atoms with E-state index >= 15 is 0 Å². The molecule has 21 heavy (non-hydrogen) atoms. The molecule has 0 saturated heterocycles. The van der Waals surface area contributed by atoms with Crippen molar-refractivity contribution in [3.63, 3.8) is 0 Å². The highest BCUT2D eigenvalue weighted by molar-refractivity contribution is 9.10. The topological polar surface area (TPSA) is 52.0 Å². The number of rotatable bonds is 7. The van der Waals surface area contributed by atoms with Crippen LogP contribution in [0.4, 0.5) is 0 Å². The number of hydrogen-bond acceptors (Lipinski definition) is 4. The summed E-state index contributed by atoms with van der Waals surface area (Å²) in [5.74, 6) is 4.12. The fourth-order valence-corrected chi connectivity index (χ4v) is 2.28. The summed E-state index contributed by atoms with van der Waals surface area (Å²) in [6.45, 7) is 1.77. The average molecular weight is 349 g/mol. The van der Waals surface area contributed by atoms with Crippen LogP contribution in [0.1, 0.15) is 11.4 Å². The molecule has 1 heterocycles. The van der Waals surface area contributed by atoms with Crippen molar-refractivity contribution in [1.29, 1.82) is 0 Å². The van der Waals surface area contributed by atoms with Crippen molar-refractivity contribution in [3.05, 3.63) is 40.4 Å². The van der Waals surface area contributed by atoms with Gasteiger partial charge in [-0.15, -0.1) is 6.42 Å². The van der Waals surface area contributed by atoms with Crippen molar-refractivity contribution in [3.8, 4) is 18.1 Å². The van der Waals surface area contributed by atoms with Gasteiger partial charge < -0.3 is 10.1 Å². The lowest BCUT2D eigenvalue weighted by Gasteiger charge is -2.11. The number of aryl methyl sites for hydroxylation is 1. The molecule has 0 saturated carbocycles. The molecular weight excluding hydrogens is 332 g/mol. The smallest absolute Gasteiger partial charge is 0.151 e. The molecule has 1 aromatic heterocycles. The second-order valence-corrected chi connectivity index (χ2v) is 5.42. The molecule has 0 aliphatic carbocycles. The molecule has 2 aromatic rings. The van der Waals surface area contributed by atoms with Gasteiger partial charge in [0.1, 0.15) is 18.7 Å². The highest BCUT2D eigenvalue weighted by Gasteiger charge is 2.05. The zero-order valence-electron chi connectivity index (χ0n) is 11.8. The highest BCUT2D eigenvalue weighted by Crippen LogP contribution is 2.23. The average Bonchev–Trinajstić information content (AvgIpc) is 2.88. The normalized spacial score (nSPS) is 10.3. The number of terminal acetylenes is 1. The standard InChI is InChI=1S/C15H17BrN4O/c1-3-8-21-14-5-4-13(16)9-12(14)10-17-7-6-15-18-11-20(2)19-15/h1,4-5,9,11,17H,6-8,10H2,2H3. The van der Waals surface area contributed by atoms with Gasteiger partial charge in [0.2, 0.25) is 0 Å². The van der Waals surface area contributed by atoms with Gasteiger partial charge >= 0.3 is 0 Å². The zero-order chi connectivity index (χ0) is 15.1. The van der Waals surface area contributed by atoms with Crippen LogP contribution in [0.15, 0.2) is 29.0 Å². The van der Waals surface area contributed by atoms with Gasteiger partial charge in [-0.25, -0.2) is 4.98 Å². The molecule has 0 radical (unpaired) electrons. The third-order valence-electron chi connectivity index (χ3n) is 2.82. The Kier molecular flexibility index (Phi) is 5.78. The van der Waals surface area contributed by atoms with Crippen LogP contribution in [0.25, 0.3) is 0 Å². The van der Waals surface area contributed by atoms with Crippen LogP contribution in [0.5, 0.6) is 5.75 Å². The van der Waals surface area contributed by atoms with Crippen LogP contribution in [-0.2, 0) is 20.0 Å². The molecule has 0 amide bonds. The first-order chi connectivity index (χ1) is 10.2. The maximum atomic E-state index is 5.53. The summed E-state index contributed by atoms with van der Waals surface area (Å²) in [4.78, 5) is 4.19. The first kappa shape index (κ1) is 15.5. The van der Waals surface area contributed by atoms with Crippen LogP contribution in [0, 0.1) is 12.3 Å². The lowest BCUT2D eigenvalue weighted by Crippen LogP contribution is -2.18. The minimum atomic E-state index is 0.270. The van der Waals surface area contributed by atoms with Gasteiger partial charge in [0.25, 0.3) is 0 Å². The summed E-state index contributed by atoms with van der Waals surface area (Å²) in [6, 6.07) is 5.88. The monoisotopic (exact) mass is 348 g/mol. The molecule has 0 bridgehead atoms. The van der Waals surface area contributed by atoms with Crippen molar-refractivity contribution in [2.75, 3.05) is 13.2 Å². The van der Waals surface area contributed by atoms with E-state index in [1.54, 1.807) is 11.0 Å². The number of halogens is 1. The Labute approximate surface area is 132 Å². The fraction of sp³-hybridized carbons (Fsp3) is 0.333. The number of nitrogens with one attached hydrogen (secondary N) is 1. The van der Waals surface area contributed by atoms with E-state index < -0.39 is 0 Å². The SMILES string of the molecule is C#CCOc1ccc(Br)cc1CNCCc1ncn(C)n1. The summed E-state index contributed by atoms with van der Waals surface area (Å²) >= 11 is 3.47. The first-order valence-electron chi connectivity index (χ1n) is 6.59. The molecule has 0 atom stereocenters. The van der Waals surface area contributed by atoms with Crippen molar-refractivity contribution in [2.24, 2.45) is 7.05 Å². The maximum Gasteiger partial charge on any atom is 0.151 e. The molecule has 0 unspecified atom stereocenters. The predicted octanol–water partition coefficient (Wildman–Crippen LogP) is 1.92. The lowest BCUT2D eigenvalue weighted by molar-refractivity contribution is 0.364. The minimum Gasteiger partial charge on any atom is -0.481 e. The molecule has 0 fully saturated rings. The highest BCUT2D eigenvalue weighted by atomic mass is 79.9. The molecule has 0 spiro atoms. The van der Waals surface area contributed by atoms with Gasteiger partial charge in [0.15, 0.2) is 5.82 Å². The van der Waals surface area contributed by atoms with Gasteiger partial charge in [-0.2, -0.15) is 5.10 Å². The van der Waals surface area contributed by atoms with Crippen LogP contribution >= 0.6 is 15.9 Å². The van der Waals surface area contributed by atoms with Crippen LogP contribution in [-0.4, -0.2) is 27.9 Å². The summed E-state index contributed by atoms with van der Waals surface area (Å²) in [7, 11) is 1.86. The van der Waals surface area contributed by atoms with E-state index in [1.165, 1.54) is 0 Å². The Bertz CT molecular complexity index is 633. The number of hydrogen-bond donors (Lipinski definition) is 1. The number of nitrogens with zero attached hydrogens (tertiary/aromatic N) is 3. The fourth-order valence-electron chi connectivity index (χ4n) is 1.87. The van der Waals surface area contributed by atoms with E-state index in [1.807, 2.05) is 25.2 Å². The first-order valence-corrected chi connectivity index (χ1v) is 7.38. The van der Waals surface area contributed by atoms with E-state index in [4.69, 9.17) is 11.2 Å². The molecule has 1 N–H and O–H groups in total. The summed E-state index contributed by atoms with van der Waals surface area (Å²) < 4.78 is 8.25. The van der Waals surface area contributed by atoms with E-state index in [2.05, 4.69) is 37.2 Å². The third kappa shape index (κ3) is 4.88. The molecule has 1 aromatic carbocycles. The van der Waals surface area contributed by atoms with Gasteiger partial charge in [0, 0.05) is 36.6 Å². The molecule has 0 aliphatic heterocycles. The van der Waals surface area contributed by atoms with Crippen molar-refractivity contribution in [2.45, 2.75) is 13.0 Å². The van der Waals surface area contributed by atoms with E-state index in [0.717, 1.165) is 34.6 Å². The van der Waals surface area contributed by atoms with Crippen LogP contribution in [0.2, 0.25) is 0 Å². The Morgan fingerprint density at radius 1 is 1.48 bits per heavy atom. The Hall–Kier alpha value is -1.84. The Morgan fingerprint density at radius 2 is 2.33 bits per heavy atom. The largest absolute Gasteiger partial charge is 0.481 e. The second-order valence-electron chi connectivity index (χ2n) is 4.51. The van der Waals surface area contributed by atoms with Gasteiger partial charge in [0.05, 0.1) is 0 Å². The minimum absolute atomic E-state index is 0.270. The third-order valence-corrected chi connectivity index (χ3v) is 3.31. The van der Waals surface area contributed by atoms with Crippen LogP contribution in [0.3, 0.4) is 0 Å². The second kappa shape index (κ2) is 7.81. The zero-order valence-corrected chi connectivity index (χ0v) is 13.4. The van der Waals surface area contributed by atoms with Gasteiger partial charge in [-0.3, -0.25) is 4.68 Å². The van der Waals surface area contributed by atoms with E-state index in [0.29, 0.717) is 6.54 Å². The predicted molar refractivity (Wildman–Crippen MR) is 84.9 cm³/mol. The lowest BCUT2D eigenvalue weighted by atomic mass is 10.2. The molecule has 5 nitrogen and oxygen atoms in total. The van der Waals surface area contributed by atoms with Crippen molar-refractivity contribution < 1.29 is 4.74 Å². The summed E-state index contributed by atoms with van der Waals surface area (Å²) in [5, 5.41) is 7.60. The van der Waals surface area contributed by atoms with Crippen molar-refractivity contribution >= 4 is 15.9 Å². The Morgan fingerprint density at radius 3 is 3.05 bits per heavy atom. The summed E-state index contributed by atoms with van der Waals surface area (Å²) in [6.07, 6.45) is 7.72. The van der Waals surface area contributed by atoms with E-state index in [-0.39, 0.29) is 6.61 Å². The van der Waals surface area contributed by atoms with Crippen LogP contribution < -0.4 is 10.1 Å². The number of benzene rings is 1. The van der Waals surface area contributed by atoms with Crippen molar-refractivity contribution in [1.82, 2.24) is 20.1 Å². The van der Waals surface area contributed by atoms with Gasteiger partial charge in [-0.05, 0) is 18.2 Å². The Balaban J connectivity index is 1.87. The van der Waals surface area contributed by atoms with Gasteiger partial charge in [-0.1, -0.05) is 21.9 Å². The van der Waals surface area contributed by atoms with E-state index in [9.17, 15) is 0 Å². The maximum absolute atomic E-state index is 5.53. The molecular formula is C15H17BrN4O. The molecule has 2 rings (SSSR count). The molecule has 110 valence electrons. The molecule has 0 aliphatic rings. The quantitative estimate of drug-likeness (QED) is 0.613. The summed E-state index contributed by atoms with van der Waals surface area (Å²) in [5.41, 5.74) is 1.06. The number of aromatic nitrogens is 3. The molecule has 6 heteroatoms. The number of ether oxygens (including phenoxy) is 1.